The minimum Gasteiger partial charge on any atom is -0.383 e. The molecule has 0 spiro atoms. The SMILES string of the molecule is COCC(C)Nc1cccc(N2CCS(=O)(=O)CC2)c1. The molecule has 1 aliphatic heterocycles. The molecule has 0 aliphatic carbocycles. The first-order chi connectivity index (χ1) is 9.50. The van der Waals surface area contributed by atoms with Crippen LogP contribution in [0, 0.1) is 0 Å². The summed E-state index contributed by atoms with van der Waals surface area (Å²) in [6.45, 7) is 3.84. The third kappa shape index (κ3) is 4.11. The van der Waals surface area contributed by atoms with Gasteiger partial charge in [-0.2, -0.15) is 0 Å². The molecule has 5 nitrogen and oxygen atoms in total. The van der Waals surface area contributed by atoms with E-state index in [9.17, 15) is 8.42 Å². The first-order valence-corrected chi connectivity index (χ1v) is 8.63. The maximum Gasteiger partial charge on any atom is 0.153 e. The summed E-state index contributed by atoms with van der Waals surface area (Å²) in [6.07, 6.45) is 0. The number of benzene rings is 1. The molecule has 0 saturated carbocycles. The van der Waals surface area contributed by atoms with Crippen molar-refractivity contribution in [3.63, 3.8) is 0 Å². The van der Waals surface area contributed by atoms with Gasteiger partial charge in [0.05, 0.1) is 18.1 Å². The van der Waals surface area contributed by atoms with E-state index in [1.165, 1.54) is 0 Å². The van der Waals surface area contributed by atoms with Gasteiger partial charge in [0.2, 0.25) is 0 Å². The Morgan fingerprint density at radius 2 is 2.05 bits per heavy atom. The normalized spacial score (nSPS) is 19.6. The van der Waals surface area contributed by atoms with E-state index in [-0.39, 0.29) is 17.5 Å². The van der Waals surface area contributed by atoms with Crippen LogP contribution in [0.2, 0.25) is 0 Å². The highest BCUT2D eigenvalue weighted by Gasteiger charge is 2.21. The van der Waals surface area contributed by atoms with Gasteiger partial charge in [0.1, 0.15) is 0 Å². The lowest BCUT2D eigenvalue weighted by molar-refractivity contribution is 0.190. The first-order valence-electron chi connectivity index (χ1n) is 6.81. The largest absolute Gasteiger partial charge is 0.383 e. The summed E-state index contributed by atoms with van der Waals surface area (Å²) in [7, 11) is -1.15. The molecule has 0 bridgehead atoms. The molecule has 0 amide bonds. The van der Waals surface area contributed by atoms with E-state index in [1.54, 1.807) is 7.11 Å². The van der Waals surface area contributed by atoms with Crippen LogP contribution in [0.25, 0.3) is 0 Å². The summed E-state index contributed by atoms with van der Waals surface area (Å²) in [4.78, 5) is 2.12. The summed E-state index contributed by atoms with van der Waals surface area (Å²) in [5.41, 5.74) is 2.09. The van der Waals surface area contributed by atoms with Crippen LogP contribution in [0.5, 0.6) is 0 Å². The zero-order valence-electron chi connectivity index (χ0n) is 12.0. The Kier molecular flexibility index (Phi) is 4.88. The summed E-state index contributed by atoms with van der Waals surface area (Å²) >= 11 is 0. The van der Waals surface area contributed by atoms with Crippen molar-refractivity contribution in [3.8, 4) is 0 Å². The van der Waals surface area contributed by atoms with Crippen LogP contribution in [0.3, 0.4) is 0 Å². The van der Waals surface area contributed by atoms with E-state index >= 15 is 0 Å². The molecule has 0 aromatic heterocycles. The third-order valence-corrected chi connectivity index (χ3v) is 4.99. The van der Waals surface area contributed by atoms with E-state index < -0.39 is 9.84 Å². The van der Waals surface area contributed by atoms with E-state index in [4.69, 9.17) is 4.74 Å². The van der Waals surface area contributed by atoms with Crippen molar-refractivity contribution in [2.75, 3.05) is 48.5 Å². The van der Waals surface area contributed by atoms with Gasteiger partial charge in [-0.1, -0.05) is 6.07 Å². The van der Waals surface area contributed by atoms with E-state index in [0.29, 0.717) is 19.7 Å². The van der Waals surface area contributed by atoms with E-state index in [1.807, 2.05) is 18.2 Å². The van der Waals surface area contributed by atoms with Crippen molar-refractivity contribution in [3.05, 3.63) is 24.3 Å². The van der Waals surface area contributed by atoms with E-state index in [0.717, 1.165) is 11.4 Å². The van der Waals surface area contributed by atoms with Gasteiger partial charge in [-0.25, -0.2) is 8.42 Å². The Labute approximate surface area is 120 Å². The number of sulfone groups is 1. The number of nitrogens with one attached hydrogen (secondary N) is 1. The lowest BCUT2D eigenvalue weighted by Crippen LogP contribution is -2.40. The number of methoxy groups -OCH3 is 1. The molecular formula is C14H22N2O3S. The van der Waals surface area contributed by atoms with Gasteiger partial charge >= 0.3 is 0 Å². The highest BCUT2D eigenvalue weighted by molar-refractivity contribution is 7.91. The van der Waals surface area contributed by atoms with E-state index in [2.05, 4.69) is 23.2 Å². The number of hydrogen-bond acceptors (Lipinski definition) is 5. The molecule has 1 heterocycles. The molecule has 1 N–H and O–H groups in total. The number of hydrogen-bond donors (Lipinski definition) is 1. The number of ether oxygens (including phenoxy) is 1. The molecule has 6 heteroatoms. The first kappa shape index (κ1) is 15.1. The molecular weight excluding hydrogens is 276 g/mol. The second kappa shape index (κ2) is 6.45. The Hall–Kier alpha value is -1.27. The van der Waals surface area contributed by atoms with Gasteiger partial charge in [-0.15, -0.1) is 0 Å². The van der Waals surface area contributed by atoms with Crippen LogP contribution >= 0.6 is 0 Å². The fourth-order valence-corrected chi connectivity index (χ4v) is 3.54. The Bertz CT molecular complexity index is 531. The Balaban J connectivity index is 2.03. The third-order valence-electron chi connectivity index (χ3n) is 3.39. The fourth-order valence-electron chi connectivity index (χ4n) is 2.34. The summed E-state index contributed by atoms with van der Waals surface area (Å²) < 4.78 is 28.0. The highest BCUT2D eigenvalue weighted by Crippen LogP contribution is 2.21. The zero-order valence-corrected chi connectivity index (χ0v) is 12.8. The molecule has 1 aliphatic rings. The van der Waals surface area contributed by atoms with Crippen LogP contribution in [-0.4, -0.2) is 52.8 Å². The van der Waals surface area contributed by atoms with Crippen molar-refractivity contribution in [2.45, 2.75) is 13.0 Å². The standard InChI is InChI=1S/C14H22N2O3S/c1-12(11-19-2)15-13-4-3-5-14(10-13)16-6-8-20(17,18)9-7-16/h3-5,10,12,15H,6-9,11H2,1-2H3. The maximum atomic E-state index is 11.5. The molecule has 20 heavy (non-hydrogen) atoms. The molecule has 0 radical (unpaired) electrons. The molecule has 1 fully saturated rings. The summed E-state index contributed by atoms with van der Waals surface area (Å²) in [6, 6.07) is 8.31. The minimum absolute atomic E-state index is 0.233. The zero-order chi connectivity index (χ0) is 14.6. The van der Waals surface area contributed by atoms with Crippen molar-refractivity contribution in [2.24, 2.45) is 0 Å². The minimum atomic E-state index is -2.83. The smallest absolute Gasteiger partial charge is 0.153 e. The van der Waals surface area contributed by atoms with Gasteiger partial charge in [0, 0.05) is 37.6 Å². The molecule has 1 aromatic carbocycles. The second-order valence-electron chi connectivity index (χ2n) is 5.19. The Morgan fingerprint density at radius 3 is 2.70 bits per heavy atom. The maximum absolute atomic E-state index is 11.5. The quantitative estimate of drug-likeness (QED) is 0.889. The molecule has 112 valence electrons. The fraction of sp³-hybridized carbons (Fsp3) is 0.571. The lowest BCUT2D eigenvalue weighted by atomic mass is 10.2. The topological polar surface area (TPSA) is 58.6 Å². The van der Waals surface area contributed by atoms with Crippen molar-refractivity contribution < 1.29 is 13.2 Å². The number of nitrogens with zero attached hydrogens (tertiary/aromatic N) is 1. The summed E-state index contributed by atoms with van der Waals surface area (Å²) in [5, 5.41) is 3.37. The molecule has 1 unspecified atom stereocenters. The second-order valence-corrected chi connectivity index (χ2v) is 7.49. The number of anilines is 2. The van der Waals surface area contributed by atoms with Crippen LogP contribution < -0.4 is 10.2 Å². The van der Waals surface area contributed by atoms with Gasteiger partial charge in [0.15, 0.2) is 9.84 Å². The van der Waals surface area contributed by atoms with Crippen molar-refractivity contribution in [1.29, 1.82) is 0 Å². The van der Waals surface area contributed by atoms with Crippen LogP contribution in [-0.2, 0) is 14.6 Å². The van der Waals surface area contributed by atoms with Gasteiger partial charge in [0.25, 0.3) is 0 Å². The lowest BCUT2D eigenvalue weighted by Gasteiger charge is -2.29. The summed E-state index contributed by atoms with van der Waals surface area (Å²) in [5.74, 6) is 0.482. The average molecular weight is 298 g/mol. The molecule has 1 atom stereocenters. The van der Waals surface area contributed by atoms with Gasteiger partial charge in [-0.3, -0.25) is 0 Å². The highest BCUT2D eigenvalue weighted by atomic mass is 32.2. The Morgan fingerprint density at radius 1 is 1.35 bits per heavy atom. The predicted molar refractivity (Wildman–Crippen MR) is 82.3 cm³/mol. The van der Waals surface area contributed by atoms with Crippen molar-refractivity contribution in [1.82, 2.24) is 0 Å². The number of rotatable bonds is 5. The van der Waals surface area contributed by atoms with Gasteiger partial charge in [-0.05, 0) is 25.1 Å². The molecule has 2 rings (SSSR count). The van der Waals surface area contributed by atoms with Gasteiger partial charge < -0.3 is 15.0 Å². The van der Waals surface area contributed by atoms with Crippen LogP contribution in [0.1, 0.15) is 6.92 Å². The molecule has 1 aromatic rings. The average Bonchev–Trinajstić information content (AvgIpc) is 2.39. The van der Waals surface area contributed by atoms with Crippen molar-refractivity contribution >= 4 is 21.2 Å². The monoisotopic (exact) mass is 298 g/mol. The predicted octanol–water partition coefficient (Wildman–Crippen LogP) is 1.37. The molecule has 1 saturated heterocycles. The van der Waals surface area contributed by atoms with Crippen LogP contribution in [0.4, 0.5) is 11.4 Å². The van der Waals surface area contributed by atoms with Crippen LogP contribution in [0.15, 0.2) is 24.3 Å².